The van der Waals surface area contributed by atoms with Crippen LogP contribution in [0, 0.1) is 0 Å². The van der Waals surface area contributed by atoms with Crippen LogP contribution in [0.2, 0.25) is 0 Å². The Morgan fingerprint density at radius 3 is 1.04 bits per heavy atom. The molecule has 0 aliphatic carbocycles. The van der Waals surface area contributed by atoms with Crippen molar-refractivity contribution in [3.63, 3.8) is 0 Å². The van der Waals surface area contributed by atoms with E-state index in [1.165, 1.54) is 9.12 Å². The van der Waals surface area contributed by atoms with Crippen molar-refractivity contribution in [3.8, 4) is 0 Å². The Bertz CT molecular complexity index is 639. The summed E-state index contributed by atoms with van der Waals surface area (Å²) in [5.41, 5.74) is 2.64. The molecule has 0 aromatic heterocycles. The number of hydrogen-bond donors (Lipinski definition) is 2. The average Bonchev–Trinajstić information content (AvgIpc) is 2.64. The molecule has 1 atom stereocenters. The lowest BCUT2D eigenvalue weighted by atomic mass is 10.2. The molecular weight excluding hydrogens is 355 g/mol. The summed E-state index contributed by atoms with van der Waals surface area (Å²) >= 11 is 0. The molecule has 2 aromatic carbocycles. The van der Waals surface area contributed by atoms with Crippen LogP contribution in [0.3, 0.4) is 0 Å². The molecule has 0 radical (unpaired) electrons. The van der Waals surface area contributed by atoms with Crippen LogP contribution >= 0.6 is 9.12 Å². The van der Waals surface area contributed by atoms with E-state index in [4.69, 9.17) is 14.8 Å². The van der Waals surface area contributed by atoms with Gasteiger partial charge in [0.05, 0.1) is 11.1 Å². The van der Waals surface area contributed by atoms with Gasteiger partial charge in [-0.25, -0.2) is 9.59 Å². The first-order valence-electron chi connectivity index (χ1n) is 7.47. The number of hydrogen-bond acceptors (Lipinski definition) is 5. The minimum Gasteiger partial charge on any atom is -0.478 e. The quantitative estimate of drug-likeness (QED) is 0.788. The molecular formula is C18H24N2O5P+. The minimum absolute atomic E-state index is 0.320. The number of carboxylic acid groups (broad SMARTS) is 2. The number of nitrogens with zero attached hydrogens (tertiary/aromatic N) is 2. The predicted octanol–water partition coefficient (Wildman–Crippen LogP) is 3.11. The van der Waals surface area contributed by atoms with Crippen molar-refractivity contribution in [2.45, 2.75) is 0 Å². The molecule has 0 amide bonds. The van der Waals surface area contributed by atoms with E-state index in [0.717, 1.165) is 11.4 Å². The number of benzene rings is 2. The van der Waals surface area contributed by atoms with Crippen LogP contribution < -0.4 is 9.80 Å². The number of rotatable bonds is 4. The van der Waals surface area contributed by atoms with E-state index in [9.17, 15) is 9.59 Å². The molecule has 0 saturated carbocycles. The van der Waals surface area contributed by atoms with Crippen molar-refractivity contribution >= 4 is 32.4 Å². The molecule has 0 bridgehead atoms. The van der Waals surface area contributed by atoms with Gasteiger partial charge in [0, 0.05) is 39.6 Å². The Balaban J connectivity index is 0.000000439. The third-order valence-electron chi connectivity index (χ3n) is 3.26. The first-order valence-corrected chi connectivity index (χ1v) is 7.94. The van der Waals surface area contributed by atoms with E-state index in [2.05, 4.69) is 0 Å². The van der Waals surface area contributed by atoms with E-state index in [1.807, 2.05) is 38.0 Å². The Morgan fingerprint density at radius 2 is 0.885 bits per heavy atom. The Kier molecular flexibility index (Phi) is 10.3. The smallest absolute Gasteiger partial charge is 0.335 e. The molecule has 26 heavy (non-hydrogen) atoms. The van der Waals surface area contributed by atoms with Crippen LogP contribution in [-0.2, 0) is 4.57 Å². The van der Waals surface area contributed by atoms with Crippen molar-refractivity contribution in [3.05, 3.63) is 59.7 Å². The van der Waals surface area contributed by atoms with Crippen molar-refractivity contribution in [2.24, 2.45) is 0 Å². The van der Waals surface area contributed by atoms with Gasteiger partial charge in [0.1, 0.15) is 0 Å². The minimum atomic E-state index is -0.889. The van der Waals surface area contributed by atoms with Crippen LogP contribution in [0.5, 0.6) is 0 Å². The molecule has 0 heterocycles. The summed E-state index contributed by atoms with van der Waals surface area (Å²) in [5, 5.41) is 17.2. The molecule has 0 aliphatic rings. The van der Waals surface area contributed by atoms with Crippen molar-refractivity contribution < 1.29 is 24.4 Å². The zero-order valence-corrected chi connectivity index (χ0v) is 16.4. The van der Waals surface area contributed by atoms with Gasteiger partial charge in [-0.2, -0.15) is 0 Å². The summed E-state index contributed by atoms with van der Waals surface area (Å²) in [6.07, 6.45) is 0. The lowest BCUT2D eigenvalue weighted by molar-refractivity contribution is 0.0686. The topological polar surface area (TPSA) is 98.2 Å². The summed E-state index contributed by atoms with van der Waals surface area (Å²) < 4.78 is 8.17. The normalized spacial score (nSPS) is 8.92. The number of aromatic carboxylic acids is 2. The summed E-state index contributed by atoms with van der Waals surface area (Å²) in [6.45, 7) is 0. The molecule has 8 heteroatoms. The largest absolute Gasteiger partial charge is 0.478 e. The Labute approximate surface area is 155 Å². The second-order valence-corrected chi connectivity index (χ2v) is 5.49. The van der Waals surface area contributed by atoms with Crippen molar-refractivity contribution in [1.29, 1.82) is 0 Å². The number of carbonyl (C=O) groups is 2. The van der Waals surface area contributed by atoms with Gasteiger partial charge in [-0.3, -0.25) is 0 Å². The fourth-order valence-electron chi connectivity index (χ4n) is 1.80. The summed E-state index contributed by atoms with van der Waals surface area (Å²) in [5.74, 6) is -1.78. The molecule has 0 spiro atoms. The molecule has 0 aliphatic heterocycles. The van der Waals surface area contributed by atoms with Crippen LogP contribution in [-0.4, -0.2) is 50.3 Å². The van der Waals surface area contributed by atoms with Crippen LogP contribution in [0.25, 0.3) is 0 Å². The fourth-order valence-corrected chi connectivity index (χ4v) is 1.80. The van der Waals surface area contributed by atoms with Crippen LogP contribution in [0.1, 0.15) is 20.7 Å². The second kappa shape index (κ2) is 11.6. The summed E-state index contributed by atoms with van der Waals surface area (Å²) in [4.78, 5) is 24.8. The zero-order chi connectivity index (χ0) is 20.3. The lowest BCUT2D eigenvalue weighted by Crippen LogP contribution is -2.08. The monoisotopic (exact) mass is 379 g/mol. The molecule has 2 rings (SSSR count). The highest BCUT2D eigenvalue weighted by molar-refractivity contribution is 7.00. The van der Waals surface area contributed by atoms with Gasteiger partial charge < -0.3 is 20.0 Å². The molecule has 1 unspecified atom stereocenters. The Hall–Kier alpha value is -2.92. The first kappa shape index (κ1) is 23.1. The first-order chi connectivity index (χ1) is 12.2. The predicted molar refractivity (Wildman–Crippen MR) is 106 cm³/mol. The van der Waals surface area contributed by atoms with Gasteiger partial charge in [-0.1, -0.05) is 4.57 Å². The summed E-state index contributed by atoms with van der Waals surface area (Å²) in [7, 11) is 8.82. The van der Waals surface area contributed by atoms with Crippen LogP contribution in [0.15, 0.2) is 48.5 Å². The van der Waals surface area contributed by atoms with E-state index < -0.39 is 11.9 Å². The van der Waals surface area contributed by atoms with Crippen molar-refractivity contribution in [1.82, 2.24) is 0 Å². The van der Waals surface area contributed by atoms with Gasteiger partial charge in [-0.15, -0.1) is 0 Å². The number of carboxylic acids is 2. The Morgan fingerprint density at radius 1 is 0.654 bits per heavy atom. The lowest BCUT2D eigenvalue weighted by Gasteiger charge is -2.11. The zero-order valence-electron chi connectivity index (χ0n) is 15.2. The van der Waals surface area contributed by atoms with E-state index in [-0.39, 0.29) is 0 Å². The molecule has 0 saturated heterocycles. The van der Waals surface area contributed by atoms with Gasteiger partial charge in [0.25, 0.3) is 0 Å². The second-order valence-electron chi connectivity index (χ2n) is 5.49. The third kappa shape index (κ3) is 7.77. The van der Waals surface area contributed by atoms with E-state index in [0.29, 0.717) is 11.1 Å². The molecule has 140 valence electrons. The molecule has 2 N–H and O–H groups in total. The highest BCUT2D eigenvalue weighted by atomic mass is 31.0. The van der Waals surface area contributed by atoms with E-state index >= 15 is 0 Å². The maximum absolute atomic E-state index is 10.5. The van der Waals surface area contributed by atoms with Gasteiger partial charge in [-0.05, 0) is 48.5 Å². The highest BCUT2D eigenvalue weighted by Crippen LogP contribution is 2.12. The van der Waals surface area contributed by atoms with E-state index in [1.54, 1.807) is 48.5 Å². The van der Waals surface area contributed by atoms with Crippen molar-refractivity contribution in [2.75, 3.05) is 38.0 Å². The fraction of sp³-hybridized carbons (Fsp3) is 0.222. The molecule has 2 aromatic rings. The number of anilines is 2. The maximum atomic E-state index is 10.5. The van der Waals surface area contributed by atoms with Gasteiger partial charge in [0.15, 0.2) is 0 Å². The van der Waals surface area contributed by atoms with Gasteiger partial charge in [0.2, 0.25) is 0 Å². The SMILES string of the molecule is CN(C)c1ccc(C(=O)O)cc1.CN(C)c1ccc(C(=O)O)cc1.O=[PH2+]. The molecule has 0 fully saturated rings. The molecule has 7 nitrogen and oxygen atoms in total. The third-order valence-corrected chi connectivity index (χ3v) is 3.26. The van der Waals surface area contributed by atoms with Gasteiger partial charge >= 0.3 is 21.1 Å². The average molecular weight is 379 g/mol. The maximum Gasteiger partial charge on any atom is 0.335 e. The standard InChI is InChI=1S/2C9H11NO2.H2OP/c2*1-10(2)8-5-3-7(4-6-8)9(11)12;1-2/h2*3-6H,1-2H3,(H,11,12);2H2/q;;+1. The van der Waals surface area contributed by atoms with Crippen LogP contribution in [0.4, 0.5) is 11.4 Å². The summed E-state index contributed by atoms with van der Waals surface area (Å²) in [6, 6.07) is 13.5. The highest BCUT2D eigenvalue weighted by Gasteiger charge is 2.02.